The molecule has 1 rings (SSSR count). The summed E-state index contributed by atoms with van der Waals surface area (Å²) in [5, 5.41) is 3.09. The maximum absolute atomic E-state index is 11.9. The van der Waals surface area contributed by atoms with Gasteiger partial charge in [-0.3, -0.25) is 4.39 Å². The SMILES string of the molecule is COc1ccc(OC)c(NCCCF)c1. The lowest BCUT2D eigenvalue weighted by atomic mass is 10.2. The molecule has 0 heterocycles. The molecular weight excluding hydrogens is 197 g/mol. The molecule has 0 bridgehead atoms. The number of nitrogens with one attached hydrogen (secondary N) is 1. The highest BCUT2D eigenvalue weighted by Gasteiger charge is 2.03. The average molecular weight is 213 g/mol. The molecule has 0 aliphatic rings. The fraction of sp³-hybridized carbons (Fsp3) is 0.455. The van der Waals surface area contributed by atoms with Gasteiger partial charge in [0.05, 0.1) is 26.6 Å². The van der Waals surface area contributed by atoms with Crippen molar-refractivity contribution in [2.24, 2.45) is 0 Å². The van der Waals surface area contributed by atoms with E-state index in [4.69, 9.17) is 9.47 Å². The van der Waals surface area contributed by atoms with Crippen LogP contribution in [0.2, 0.25) is 0 Å². The third kappa shape index (κ3) is 3.31. The summed E-state index contributed by atoms with van der Waals surface area (Å²) in [7, 11) is 3.20. The Labute approximate surface area is 89.2 Å². The lowest BCUT2D eigenvalue weighted by molar-refractivity contribution is 0.404. The molecule has 0 aliphatic carbocycles. The quantitative estimate of drug-likeness (QED) is 0.736. The minimum Gasteiger partial charge on any atom is -0.497 e. The maximum atomic E-state index is 11.9. The summed E-state index contributed by atoms with van der Waals surface area (Å²) in [5.74, 6) is 1.48. The zero-order valence-corrected chi connectivity index (χ0v) is 9.05. The van der Waals surface area contributed by atoms with Gasteiger partial charge in [0.15, 0.2) is 0 Å². The Balaban J connectivity index is 2.72. The Hall–Kier alpha value is -1.45. The summed E-state index contributed by atoms with van der Waals surface area (Å²) in [6.07, 6.45) is 0.486. The van der Waals surface area contributed by atoms with E-state index in [2.05, 4.69) is 5.32 Å². The molecule has 0 aliphatic heterocycles. The summed E-state index contributed by atoms with van der Waals surface area (Å²) in [5.41, 5.74) is 0.824. The maximum Gasteiger partial charge on any atom is 0.142 e. The molecule has 1 N–H and O–H groups in total. The second-order valence-electron chi connectivity index (χ2n) is 3.04. The molecule has 4 heteroatoms. The molecule has 0 saturated carbocycles. The van der Waals surface area contributed by atoms with Crippen molar-refractivity contribution in [3.8, 4) is 11.5 Å². The van der Waals surface area contributed by atoms with E-state index in [1.807, 2.05) is 18.2 Å². The molecule has 0 amide bonds. The van der Waals surface area contributed by atoms with E-state index in [0.29, 0.717) is 13.0 Å². The Bertz CT molecular complexity index is 305. The van der Waals surface area contributed by atoms with E-state index in [-0.39, 0.29) is 6.67 Å². The standard InChI is InChI=1S/C11H16FNO2/c1-14-9-4-5-11(15-2)10(8-9)13-7-3-6-12/h4-5,8,13H,3,6-7H2,1-2H3. The zero-order chi connectivity index (χ0) is 11.1. The molecule has 0 fully saturated rings. The van der Waals surface area contributed by atoms with Crippen LogP contribution in [0.25, 0.3) is 0 Å². The fourth-order valence-corrected chi connectivity index (χ4v) is 1.24. The van der Waals surface area contributed by atoms with Crippen molar-refractivity contribution in [2.75, 3.05) is 32.8 Å². The van der Waals surface area contributed by atoms with Gasteiger partial charge in [-0.1, -0.05) is 0 Å². The summed E-state index contributed by atoms with van der Waals surface area (Å²) >= 11 is 0. The first-order valence-electron chi connectivity index (χ1n) is 4.83. The first-order chi connectivity index (χ1) is 7.31. The van der Waals surface area contributed by atoms with Crippen LogP contribution in [0.4, 0.5) is 10.1 Å². The monoisotopic (exact) mass is 213 g/mol. The summed E-state index contributed by atoms with van der Waals surface area (Å²) in [6, 6.07) is 5.47. The van der Waals surface area contributed by atoms with Crippen LogP contribution in [-0.2, 0) is 0 Å². The van der Waals surface area contributed by atoms with Gasteiger partial charge in [0.25, 0.3) is 0 Å². The van der Waals surface area contributed by atoms with Crippen LogP contribution in [0.15, 0.2) is 18.2 Å². The number of ether oxygens (including phenoxy) is 2. The second-order valence-corrected chi connectivity index (χ2v) is 3.04. The molecule has 15 heavy (non-hydrogen) atoms. The van der Waals surface area contributed by atoms with Crippen LogP contribution in [0.3, 0.4) is 0 Å². The van der Waals surface area contributed by atoms with Gasteiger partial charge in [0.2, 0.25) is 0 Å². The summed E-state index contributed by atoms with van der Waals surface area (Å²) in [4.78, 5) is 0. The van der Waals surface area contributed by atoms with Crippen LogP contribution in [0.1, 0.15) is 6.42 Å². The van der Waals surface area contributed by atoms with Gasteiger partial charge < -0.3 is 14.8 Å². The van der Waals surface area contributed by atoms with Crippen LogP contribution in [0.5, 0.6) is 11.5 Å². The second kappa shape index (κ2) is 6.11. The van der Waals surface area contributed by atoms with Crippen LogP contribution < -0.4 is 14.8 Å². The third-order valence-electron chi connectivity index (χ3n) is 2.03. The van der Waals surface area contributed by atoms with Crippen LogP contribution in [0, 0.1) is 0 Å². The zero-order valence-electron chi connectivity index (χ0n) is 9.05. The van der Waals surface area contributed by atoms with Crippen molar-refractivity contribution in [2.45, 2.75) is 6.42 Å². The topological polar surface area (TPSA) is 30.5 Å². The van der Waals surface area contributed by atoms with Crippen molar-refractivity contribution in [1.82, 2.24) is 0 Å². The number of alkyl halides is 1. The highest BCUT2D eigenvalue weighted by molar-refractivity contribution is 5.59. The average Bonchev–Trinajstić information content (AvgIpc) is 2.29. The molecule has 84 valence electrons. The van der Waals surface area contributed by atoms with Crippen LogP contribution >= 0.6 is 0 Å². The Kier molecular flexibility index (Phi) is 4.74. The first kappa shape index (κ1) is 11.6. The van der Waals surface area contributed by atoms with Gasteiger partial charge in [-0.05, 0) is 18.6 Å². The number of hydrogen-bond donors (Lipinski definition) is 1. The minimum atomic E-state index is -0.320. The van der Waals surface area contributed by atoms with E-state index >= 15 is 0 Å². The van der Waals surface area contributed by atoms with Gasteiger partial charge in [-0.25, -0.2) is 0 Å². The molecule has 1 aromatic carbocycles. The van der Waals surface area contributed by atoms with E-state index < -0.39 is 0 Å². The number of benzene rings is 1. The predicted molar refractivity (Wildman–Crippen MR) is 58.6 cm³/mol. The van der Waals surface area contributed by atoms with Gasteiger partial charge >= 0.3 is 0 Å². The van der Waals surface area contributed by atoms with Crippen molar-refractivity contribution in [1.29, 1.82) is 0 Å². The van der Waals surface area contributed by atoms with E-state index in [9.17, 15) is 4.39 Å². The van der Waals surface area contributed by atoms with E-state index in [1.165, 1.54) is 0 Å². The van der Waals surface area contributed by atoms with E-state index in [0.717, 1.165) is 17.2 Å². The summed E-state index contributed by atoms with van der Waals surface area (Å²) < 4.78 is 22.2. The minimum absolute atomic E-state index is 0.320. The number of halogens is 1. The molecule has 1 aromatic rings. The van der Waals surface area contributed by atoms with Gasteiger partial charge in [-0.2, -0.15) is 0 Å². The Morgan fingerprint density at radius 2 is 2.07 bits per heavy atom. The van der Waals surface area contributed by atoms with Gasteiger partial charge in [-0.15, -0.1) is 0 Å². The van der Waals surface area contributed by atoms with Crippen molar-refractivity contribution >= 4 is 5.69 Å². The third-order valence-corrected chi connectivity index (χ3v) is 2.03. The fourth-order valence-electron chi connectivity index (χ4n) is 1.24. The predicted octanol–water partition coefficient (Wildman–Crippen LogP) is 2.48. The molecule has 0 spiro atoms. The van der Waals surface area contributed by atoms with Crippen molar-refractivity contribution in [3.63, 3.8) is 0 Å². The van der Waals surface area contributed by atoms with Gasteiger partial charge in [0.1, 0.15) is 11.5 Å². The molecule has 0 atom stereocenters. The lowest BCUT2D eigenvalue weighted by Gasteiger charge is -2.11. The molecule has 0 aromatic heterocycles. The van der Waals surface area contributed by atoms with E-state index in [1.54, 1.807) is 14.2 Å². The molecule has 0 radical (unpaired) electrons. The number of methoxy groups -OCH3 is 2. The highest BCUT2D eigenvalue weighted by atomic mass is 19.1. The normalized spacial score (nSPS) is 9.80. The number of hydrogen-bond acceptors (Lipinski definition) is 3. The van der Waals surface area contributed by atoms with Crippen molar-refractivity contribution in [3.05, 3.63) is 18.2 Å². The first-order valence-corrected chi connectivity index (χ1v) is 4.83. The molecule has 0 saturated heterocycles. The van der Waals surface area contributed by atoms with Crippen molar-refractivity contribution < 1.29 is 13.9 Å². The smallest absolute Gasteiger partial charge is 0.142 e. The highest BCUT2D eigenvalue weighted by Crippen LogP contribution is 2.28. The Morgan fingerprint density at radius 3 is 2.67 bits per heavy atom. The number of anilines is 1. The Morgan fingerprint density at radius 1 is 1.27 bits per heavy atom. The van der Waals surface area contributed by atoms with Crippen LogP contribution in [-0.4, -0.2) is 27.4 Å². The number of rotatable bonds is 6. The largest absolute Gasteiger partial charge is 0.497 e. The van der Waals surface area contributed by atoms with Gasteiger partial charge in [0, 0.05) is 12.6 Å². The molecule has 0 unspecified atom stereocenters. The molecule has 3 nitrogen and oxygen atoms in total. The summed E-state index contributed by atoms with van der Waals surface area (Å²) in [6.45, 7) is 0.263. The molecular formula is C11H16FNO2. The lowest BCUT2D eigenvalue weighted by Crippen LogP contribution is -2.04.